The van der Waals surface area contributed by atoms with Crippen LogP contribution in [0.3, 0.4) is 0 Å². The molecular formula is C12H18N4. The molecule has 1 atom stereocenters. The lowest BCUT2D eigenvalue weighted by Crippen LogP contribution is -2.30. The van der Waals surface area contributed by atoms with Gasteiger partial charge in [-0.3, -0.25) is 0 Å². The van der Waals surface area contributed by atoms with E-state index in [2.05, 4.69) is 27.2 Å². The smallest absolute Gasteiger partial charge is 0.116 e. The third kappa shape index (κ3) is 1.72. The first kappa shape index (κ1) is 10.2. The molecule has 0 unspecified atom stereocenters. The molecule has 0 bridgehead atoms. The second kappa shape index (κ2) is 4.11. The van der Waals surface area contributed by atoms with Crippen molar-refractivity contribution in [3.63, 3.8) is 0 Å². The summed E-state index contributed by atoms with van der Waals surface area (Å²) in [6, 6.07) is 0.461. The highest BCUT2D eigenvalue weighted by Gasteiger charge is 2.25. The van der Waals surface area contributed by atoms with E-state index < -0.39 is 0 Å². The average molecular weight is 218 g/mol. The summed E-state index contributed by atoms with van der Waals surface area (Å²) in [4.78, 5) is 11.3. The van der Waals surface area contributed by atoms with Gasteiger partial charge in [0.2, 0.25) is 0 Å². The summed E-state index contributed by atoms with van der Waals surface area (Å²) in [5, 5.41) is 3.53. The molecule has 2 aliphatic rings. The number of nitrogens with one attached hydrogen (secondary N) is 1. The molecule has 3 rings (SSSR count). The van der Waals surface area contributed by atoms with Crippen LogP contribution in [0.25, 0.3) is 0 Å². The van der Waals surface area contributed by atoms with Gasteiger partial charge in [-0.05, 0) is 26.4 Å². The zero-order valence-electron chi connectivity index (χ0n) is 9.74. The summed E-state index contributed by atoms with van der Waals surface area (Å²) >= 11 is 0. The molecule has 0 aromatic carbocycles. The summed E-state index contributed by atoms with van der Waals surface area (Å²) in [5.74, 6) is 0. The van der Waals surface area contributed by atoms with Crippen LogP contribution in [0.2, 0.25) is 0 Å². The van der Waals surface area contributed by atoms with E-state index in [1.807, 2.05) is 0 Å². The van der Waals surface area contributed by atoms with Crippen LogP contribution in [0.1, 0.15) is 35.8 Å². The lowest BCUT2D eigenvalue weighted by Gasteiger charge is -2.27. The standard InChI is InChI=1S/C12H18N4/c1-16-6-4-10-9(7-16)12(15-8-14-10)11-3-2-5-13-11/h8,11,13H,2-7H2,1H3/t11-/m0/s1. The topological polar surface area (TPSA) is 41.1 Å². The van der Waals surface area contributed by atoms with Crippen molar-refractivity contribution in [1.82, 2.24) is 20.2 Å². The van der Waals surface area contributed by atoms with E-state index in [0.29, 0.717) is 6.04 Å². The van der Waals surface area contributed by atoms with E-state index in [4.69, 9.17) is 0 Å². The molecule has 0 spiro atoms. The second-order valence-electron chi connectivity index (χ2n) is 4.82. The summed E-state index contributed by atoms with van der Waals surface area (Å²) in [7, 11) is 2.17. The first-order valence-corrected chi connectivity index (χ1v) is 6.09. The number of rotatable bonds is 1. The number of aromatic nitrogens is 2. The zero-order chi connectivity index (χ0) is 11.0. The molecule has 1 saturated heterocycles. The zero-order valence-corrected chi connectivity index (χ0v) is 9.74. The Kier molecular flexibility index (Phi) is 2.61. The van der Waals surface area contributed by atoms with Crippen molar-refractivity contribution in [2.75, 3.05) is 20.1 Å². The fourth-order valence-corrected chi connectivity index (χ4v) is 2.72. The lowest BCUT2D eigenvalue weighted by atomic mass is 9.99. The molecule has 1 fully saturated rings. The number of hydrogen-bond acceptors (Lipinski definition) is 4. The van der Waals surface area contributed by atoms with Crippen LogP contribution in [0.15, 0.2) is 6.33 Å². The Morgan fingerprint density at radius 3 is 3.19 bits per heavy atom. The molecule has 0 saturated carbocycles. The summed E-state index contributed by atoms with van der Waals surface area (Å²) in [6.07, 6.45) is 5.28. The van der Waals surface area contributed by atoms with Crippen molar-refractivity contribution in [2.45, 2.75) is 31.8 Å². The van der Waals surface area contributed by atoms with E-state index in [1.165, 1.54) is 29.8 Å². The Bertz CT molecular complexity index is 385. The molecule has 0 amide bonds. The molecule has 2 aliphatic heterocycles. The molecule has 0 aliphatic carbocycles. The van der Waals surface area contributed by atoms with Crippen LogP contribution in [-0.2, 0) is 13.0 Å². The molecule has 86 valence electrons. The van der Waals surface area contributed by atoms with Crippen molar-refractivity contribution in [2.24, 2.45) is 0 Å². The van der Waals surface area contributed by atoms with E-state index in [-0.39, 0.29) is 0 Å². The molecule has 3 heterocycles. The molecule has 0 radical (unpaired) electrons. The third-order valence-corrected chi connectivity index (χ3v) is 3.62. The quantitative estimate of drug-likeness (QED) is 0.760. The van der Waals surface area contributed by atoms with Crippen LogP contribution in [0.5, 0.6) is 0 Å². The van der Waals surface area contributed by atoms with Crippen LogP contribution in [-0.4, -0.2) is 35.0 Å². The predicted molar refractivity (Wildman–Crippen MR) is 62.0 cm³/mol. The summed E-state index contributed by atoms with van der Waals surface area (Å²) in [6.45, 7) is 3.24. The Balaban J connectivity index is 1.98. The van der Waals surface area contributed by atoms with Gasteiger partial charge in [-0.25, -0.2) is 9.97 Å². The highest BCUT2D eigenvalue weighted by molar-refractivity contribution is 5.29. The fraction of sp³-hybridized carbons (Fsp3) is 0.667. The van der Waals surface area contributed by atoms with Gasteiger partial charge in [0.1, 0.15) is 6.33 Å². The molecular weight excluding hydrogens is 200 g/mol. The molecule has 4 heteroatoms. The van der Waals surface area contributed by atoms with Crippen molar-refractivity contribution < 1.29 is 0 Å². The Labute approximate surface area is 96.1 Å². The first-order chi connectivity index (χ1) is 7.84. The van der Waals surface area contributed by atoms with Crippen LogP contribution < -0.4 is 5.32 Å². The lowest BCUT2D eigenvalue weighted by molar-refractivity contribution is 0.305. The van der Waals surface area contributed by atoms with Crippen molar-refractivity contribution in [1.29, 1.82) is 0 Å². The van der Waals surface area contributed by atoms with Gasteiger partial charge in [0.05, 0.1) is 5.69 Å². The predicted octanol–water partition coefficient (Wildman–Crippen LogP) is 0.889. The molecule has 1 aromatic rings. The van der Waals surface area contributed by atoms with Gasteiger partial charge in [0.25, 0.3) is 0 Å². The Morgan fingerprint density at radius 2 is 2.38 bits per heavy atom. The van der Waals surface area contributed by atoms with E-state index in [9.17, 15) is 0 Å². The number of hydrogen-bond donors (Lipinski definition) is 1. The average Bonchev–Trinajstić information content (AvgIpc) is 2.81. The van der Waals surface area contributed by atoms with Gasteiger partial charge in [0.15, 0.2) is 0 Å². The number of likely N-dealkylation sites (N-methyl/N-ethyl adjacent to an activating group) is 1. The normalized spacial score (nSPS) is 25.7. The summed E-state index contributed by atoms with van der Waals surface area (Å²) in [5.41, 5.74) is 3.88. The number of fused-ring (bicyclic) bond motifs is 1. The van der Waals surface area contributed by atoms with Gasteiger partial charge < -0.3 is 10.2 Å². The van der Waals surface area contributed by atoms with Crippen LogP contribution in [0, 0.1) is 0 Å². The molecule has 4 nitrogen and oxygen atoms in total. The fourth-order valence-electron chi connectivity index (χ4n) is 2.72. The highest BCUT2D eigenvalue weighted by atomic mass is 15.1. The Hall–Kier alpha value is -1.00. The van der Waals surface area contributed by atoms with Gasteiger partial charge in [-0.15, -0.1) is 0 Å². The minimum Gasteiger partial charge on any atom is -0.309 e. The van der Waals surface area contributed by atoms with Crippen molar-refractivity contribution in [3.05, 3.63) is 23.3 Å². The third-order valence-electron chi connectivity index (χ3n) is 3.62. The number of nitrogens with zero attached hydrogens (tertiary/aromatic N) is 3. The van der Waals surface area contributed by atoms with E-state index in [0.717, 1.165) is 26.1 Å². The monoisotopic (exact) mass is 218 g/mol. The minimum absolute atomic E-state index is 0.461. The maximum absolute atomic E-state index is 4.51. The van der Waals surface area contributed by atoms with E-state index in [1.54, 1.807) is 6.33 Å². The maximum atomic E-state index is 4.51. The maximum Gasteiger partial charge on any atom is 0.116 e. The first-order valence-electron chi connectivity index (χ1n) is 6.09. The minimum atomic E-state index is 0.461. The largest absolute Gasteiger partial charge is 0.309 e. The highest BCUT2D eigenvalue weighted by Crippen LogP contribution is 2.27. The van der Waals surface area contributed by atoms with Gasteiger partial charge in [-0.2, -0.15) is 0 Å². The Morgan fingerprint density at radius 1 is 1.44 bits per heavy atom. The summed E-state index contributed by atoms with van der Waals surface area (Å²) < 4.78 is 0. The second-order valence-corrected chi connectivity index (χ2v) is 4.82. The molecule has 1 N–H and O–H groups in total. The van der Waals surface area contributed by atoms with Crippen molar-refractivity contribution >= 4 is 0 Å². The van der Waals surface area contributed by atoms with Gasteiger partial charge in [0, 0.05) is 36.8 Å². The molecule has 1 aromatic heterocycles. The van der Waals surface area contributed by atoms with Crippen LogP contribution in [0.4, 0.5) is 0 Å². The van der Waals surface area contributed by atoms with E-state index >= 15 is 0 Å². The SMILES string of the molecule is CN1CCc2ncnc([C@@H]3CCCN3)c2C1. The molecule has 16 heavy (non-hydrogen) atoms. The van der Waals surface area contributed by atoms with Crippen molar-refractivity contribution in [3.8, 4) is 0 Å². The van der Waals surface area contributed by atoms with Gasteiger partial charge in [-0.1, -0.05) is 0 Å². The van der Waals surface area contributed by atoms with Gasteiger partial charge >= 0.3 is 0 Å². The van der Waals surface area contributed by atoms with Crippen LogP contribution >= 0.6 is 0 Å².